The van der Waals surface area contributed by atoms with Crippen molar-refractivity contribution >= 4 is 11.3 Å². The van der Waals surface area contributed by atoms with Crippen molar-refractivity contribution in [3.63, 3.8) is 0 Å². The van der Waals surface area contributed by atoms with Crippen molar-refractivity contribution in [2.45, 2.75) is 52.5 Å². The first kappa shape index (κ1) is 12.6. The van der Waals surface area contributed by atoms with Crippen LogP contribution in [0.25, 0.3) is 0 Å². The number of aromatic nitrogens is 2. The van der Waals surface area contributed by atoms with E-state index in [1.807, 2.05) is 0 Å². The zero-order valence-electron chi connectivity index (χ0n) is 9.92. The van der Waals surface area contributed by atoms with Crippen molar-refractivity contribution in [3.05, 3.63) is 10.0 Å². The molecule has 4 heteroatoms. The fourth-order valence-electron chi connectivity index (χ4n) is 1.46. The van der Waals surface area contributed by atoms with Gasteiger partial charge >= 0.3 is 0 Å². The van der Waals surface area contributed by atoms with E-state index in [1.54, 1.807) is 11.3 Å². The standard InChI is InChI=1S/C11H21N3S/c1-4-6-7-8-10-13-14-11(15-10)9(3)12-5-2/h9,12H,4-8H2,1-3H3. The minimum absolute atomic E-state index is 0.340. The van der Waals surface area contributed by atoms with Crippen LogP contribution in [0, 0.1) is 0 Å². The number of hydrogen-bond donors (Lipinski definition) is 1. The van der Waals surface area contributed by atoms with Crippen LogP contribution in [0.3, 0.4) is 0 Å². The SMILES string of the molecule is CCCCCc1nnc(C(C)NCC)s1. The lowest BCUT2D eigenvalue weighted by Crippen LogP contribution is -2.17. The molecule has 0 aromatic carbocycles. The van der Waals surface area contributed by atoms with Gasteiger partial charge in [-0.25, -0.2) is 0 Å². The van der Waals surface area contributed by atoms with Crippen molar-refractivity contribution in [3.8, 4) is 0 Å². The smallest absolute Gasteiger partial charge is 0.134 e. The Morgan fingerprint density at radius 3 is 2.73 bits per heavy atom. The first-order chi connectivity index (χ1) is 7.27. The van der Waals surface area contributed by atoms with Crippen LogP contribution in [0.4, 0.5) is 0 Å². The quantitative estimate of drug-likeness (QED) is 0.728. The molecule has 0 aliphatic rings. The van der Waals surface area contributed by atoms with Crippen LogP contribution in [-0.4, -0.2) is 16.7 Å². The second kappa shape index (κ2) is 6.90. The zero-order valence-corrected chi connectivity index (χ0v) is 10.7. The summed E-state index contributed by atoms with van der Waals surface area (Å²) >= 11 is 1.75. The summed E-state index contributed by atoms with van der Waals surface area (Å²) in [4.78, 5) is 0. The first-order valence-corrected chi connectivity index (χ1v) is 6.65. The summed E-state index contributed by atoms with van der Waals surface area (Å²) < 4.78 is 0. The Bertz CT molecular complexity index is 273. The molecule has 15 heavy (non-hydrogen) atoms. The van der Waals surface area contributed by atoms with Crippen molar-refractivity contribution in [1.82, 2.24) is 15.5 Å². The van der Waals surface area contributed by atoms with E-state index in [4.69, 9.17) is 0 Å². The van der Waals surface area contributed by atoms with Gasteiger partial charge in [-0.3, -0.25) is 0 Å². The van der Waals surface area contributed by atoms with Crippen molar-refractivity contribution in [1.29, 1.82) is 0 Å². The Morgan fingerprint density at radius 2 is 2.07 bits per heavy atom. The van der Waals surface area contributed by atoms with Gasteiger partial charge in [0.1, 0.15) is 10.0 Å². The highest BCUT2D eigenvalue weighted by Gasteiger charge is 2.10. The molecule has 1 heterocycles. The maximum Gasteiger partial charge on any atom is 0.134 e. The van der Waals surface area contributed by atoms with Gasteiger partial charge in [-0.1, -0.05) is 38.0 Å². The zero-order chi connectivity index (χ0) is 11.1. The molecule has 1 N–H and O–H groups in total. The third kappa shape index (κ3) is 4.26. The molecule has 3 nitrogen and oxygen atoms in total. The number of aryl methyl sites for hydroxylation is 1. The van der Waals surface area contributed by atoms with Gasteiger partial charge in [0.25, 0.3) is 0 Å². The third-order valence-electron chi connectivity index (χ3n) is 2.36. The second-order valence-electron chi connectivity index (χ2n) is 3.77. The summed E-state index contributed by atoms with van der Waals surface area (Å²) in [7, 11) is 0. The summed E-state index contributed by atoms with van der Waals surface area (Å²) in [6.07, 6.45) is 4.88. The van der Waals surface area contributed by atoms with Crippen LogP contribution >= 0.6 is 11.3 Å². The van der Waals surface area contributed by atoms with E-state index in [-0.39, 0.29) is 0 Å². The summed E-state index contributed by atoms with van der Waals surface area (Å²) in [5.41, 5.74) is 0. The number of nitrogens with zero attached hydrogens (tertiary/aromatic N) is 2. The lowest BCUT2D eigenvalue weighted by Gasteiger charge is -2.06. The molecule has 1 aromatic rings. The molecule has 0 amide bonds. The van der Waals surface area contributed by atoms with E-state index in [9.17, 15) is 0 Å². The van der Waals surface area contributed by atoms with Gasteiger partial charge in [-0.15, -0.1) is 10.2 Å². The second-order valence-corrected chi connectivity index (χ2v) is 4.86. The first-order valence-electron chi connectivity index (χ1n) is 5.83. The van der Waals surface area contributed by atoms with E-state index in [2.05, 4.69) is 36.3 Å². The van der Waals surface area contributed by atoms with Crippen LogP contribution in [0.1, 0.15) is 56.1 Å². The maximum absolute atomic E-state index is 4.22. The van der Waals surface area contributed by atoms with Crippen molar-refractivity contribution < 1.29 is 0 Å². The largest absolute Gasteiger partial charge is 0.308 e. The Labute approximate surface area is 96.3 Å². The molecule has 1 rings (SSSR count). The van der Waals surface area contributed by atoms with Crippen LogP contribution in [0.15, 0.2) is 0 Å². The van der Waals surface area contributed by atoms with Crippen LogP contribution in [0.2, 0.25) is 0 Å². The molecule has 1 unspecified atom stereocenters. The van der Waals surface area contributed by atoms with Gasteiger partial charge < -0.3 is 5.32 Å². The number of rotatable bonds is 7. The average Bonchev–Trinajstić information content (AvgIpc) is 2.67. The number of hydrogen-bond acceptors (Lipinski definition) is 4. The van der Waals surface area contributed by atoms with Gasteiger partial charge in [-0.05, 0) is 19.9 Å². The number of nitrogens with one attached hydrogen (secondary N) is 1. The Morgan fingerprint density at radius 1 is 1.27 bits per heavy atom. The van der Waals surface area contributed by atoms with Gasteiger partial charge in [0.2, 0.25) is 0 Å². The molecular weight excluding hydrogens is 206 g/mol. The molecule has 0 aliphatic carbocycles. The van der Waals surface area contributed by atoms with E-state index >= 15 is 0 Å². The molecule has 0 saturated carbocycles. The van der Waals surface area contributed by atoms with Crippen molar-refractivity contribution in [2.24, 2.45) is 0 Å². The molecule has 0 fully saturated rings. The van der Waals surface area contributed by atoms with Crippen LogP contribution in [0.5, 0.6) is 0 Å². The normalized spacial score (nSPS) is 13.0. The monoisotopic (exact) mass is 227 g/mol. The summed E-state index contributed by atoms with van der Waals surface area (Å²) in [6, 6.07) is 0.340. The fraction of sp³-hybridized carbons (Fsp3) is 0.818. The highest BCUT2D eigenvalue weighted by molar-refractivity contribution is 7.11. The average molecular weight is 227 g/mol. The molecule has 1 aromatic heterocycles. The van der Waals surface area contributed by atoms with Gasteiger partial charge in [0.15, 0.2) is 0 Å². The summed E-state index contributed by atoms with van der Waals surface area (Å²) in [6.45, 7) is 7.45. The molecular formula is C11H21N3S. The minimum Gasteiger partial charge on any atom is -0.308 e. The lowest BCUT2D eigenvalue weighted by atomic mass is 10.2. The van der Waals surface area contributed by atoms with E-state index < -0.39 is 0 Å². The number of unbranched alkanes of at least 4 members (excludes halogenated alkanes) is 2. The molecule has 1 atom stereocenters. The van der Waals surface area contributed by atoms with E-state index in [0.29, 0.717) is 6.04 Å². The van der Waals surface area contributed by atoms with Crippen molar-refractivity contribution in [2.75, 3.05) is 6.54 Å². The Balaban J connectivity index is 2.41. The van der Waals surface area contributed by atoms with Gasteiger partial charge in [-0.2, -0.15) is 0 Å². The molecule has 86 valence electrons. The summed E-state index contributed by atoms with van der Waals surface area (Å²) in [5, 5.41) is 14.1. The Hall–Kier alpha value is -0.480. The predicted molar refractivity (Wildman–Crippen MR) is 65.2 cm³/mol. The van der Waals surface area contributed by atoms with Crippen LogP contribution < -0.4 is 5.32 Å². The molecule has 0 spiro atoms. The predicted octanol–water partition coefficient (Wildman–Crippen LogP) is 2.94. The highest BCUT2D eigenvalue weighted by Crippen LogP contribution is 2.19. The molecule has 0 saturated heterocycles. The highest BCUT2D eigenvalue weighted by atomic mass is 32.1. The third-order valence-corrected chi connectivity index (χ3v) is 3.52. The molecule has 0 radical (unpaired) electrons. The summed E-state index contributed by atoms with van der Waals surface area (Å²) in [5.74, 6) is 0. The van der Waals surface area contributed by atoms with Gasteiger partial charge in [0, 0.05) is 6.42 Å². The van der Waals surface area contributed by atoms with E-state index in [0.717, 1.165) is 18.0 Å². The van der Waals surface area contributed by atoms with E-state index in [1.165, 1.54) is 24.3 Å². The lowest BCUT2D eigenvalue weighted by molar-refractivity contribution is 0.589. The topological polar surface area (TPSA) is 37.8 Å². The maximum atomic E-state index is 4.22. The minimum atomic E-state index is 0.340. The fourth-order valence-corrected chi connectivity index (χ4v) is 2.37. The Kier molecular flexibility index (Phi) is 5.79. The molecule has 0 aliphatic heterocycles. The van der Waals surface area contributed by atoms with Crippen LogP contribution in [-0.2, 0) is 6.42 Å². The van der Waals surface area contributed by atoms with Gasteiger partial charge in [0.05, 0.1) is 6.04 Å². The molecule has 0 bridgehead atoms.